The molecule has 0 aromatic heterocycles. The highest BCUT2D eigenvalue weighted by molar-refractivity contribution is 5.95. The zero-order valence-corrected chi connectivity index (χ0v) is 16.6. The van der Waals surface area contributed by atoms with E-state index in [2.05, 4.69) is 17.8 Å². The molecule has 1 unspecified atom stereocenters. The molecule has 146 valence electrons. The van der Waals surface area contributed by atoms with Crippen molar-refractivity contribution in [1.29, 1.82) is 0 Å². The average molecular weight is 392 g/mol. The van der Waals surface area contributed by atoms with Crippen LogP contribution in [0.2, 0.25) is 0 Å². The molecule has 0 spiro atoms. The van der Waals surface area contributed by atoms with E-state index in [-0.39, 0.29) is 6.42 Å². The molecule has 0 saturated heterocycles. The fraction of sp³-hybridized carbons (Fsp3) is 0.148. The Morgan fingerprint density at radius 3 is 2.07 bits per heavy atom. The lowest BCUT2D eigenvalue weighted by atomic mass is 9.84. The molecule has 0 saturated carbocycles. The summed E-state index contributed by atoms with van der Waals surface area (Å²) in [6.45, 7) is 0. The fourth-order valence-corrected chi connectivity index (χ4v) is 3.83. The van der Waals surface area contributed by atoms with Crippen LogP contribution in [-0.2, 0) is 20.7 Å². The molecule has 1 aliphatic rings. The van der Waals surface area contributed by atoms with E-state index in [1.165, 1.54) is 0 Å². The van der Waals surface area contributed by atoms with Crippen molar-refractivity contribution in [2.45, 2.75) is 17.6 Å². The Labute approximate surface area is 176 Å². The Kier molecular flexibility index (Phi) is 5.15. The molecule has 0 fully saturated rings. The zero-order valence-electron chi connectivity index (χ0n) is 16.6. The Balaban J connectivity index is 1.94. The van der Waals surface area contributed by atoms with Crippen LogP contribution in [0.3, 0.4) is 0 Å². The quantitative estimate of drug-likeness (QED) is 0.478. The van der Waals surface area contributed by atoms with Crippen LogP contribution in [0.1, 0.15) is 33.5 Å². The number of terminal acetylenes is 1. The molecular formula is C27H20O3. The first-order chi connectivity index (χ1) is 14.6. The van der Waals surface area contributed by atoms with Crippen molar-refractivity contribution in [3.63, 3.8) is 0 Å². The minimum atomic E-state index is -1.21. The van der Waals surface area contributed by atoms with Gasteiger partial charge in [0.2, 0.25) is 5.60 Å². The highest BCUT2D eigenvalue weighted by Crippen LogP contribution is 2.40. The number of methoxy groups -OCH3 is 1. The van der Waals surface area contributed by atoms with Gasteiger partial charge in [0.05, 0.1) is 12.0 Å². The molecule has 3 nitrogen and oxygen atoms in total. The minimum Gasteiger partial charge on any atom is -0.437 e. The summed E-state index contributed by atoms with van der Waals surface area (Å²) in [5, 5.41) is 0. The molecule has 0 radical (unpaired) electrons. The monoisotopic (exact) mass is 392 g/mol. The van der Waals surface area contributed by atoms with Gasteiger partial charge in [-0.15, -0.1) is 12.3 Å². The predicted octanol–water partition coefficient (Wildman–Crippen LogP) is 4.67. The second-order valence-corrected chi connectivity index (χ2v) is 7.01. The van der Waals surface area contributed by atoms with Gasteiger partial charge in [0.1, 0.15) is 0 Å². The molecule has 30 heavy (non-hydrogen) atoms. The number of ether oxygens (including phenoxy) is 2. The first-order valence-electron chi connectivity index (χ1n) is 9.62. The van der Waals surface area contributed by atoms with Gasteiger partial charge in [-0.2, -0.15) is 0 Å². The van der Waals surface area contributed by atoms with Crippen molar-refractivity contribution in [3.05, 3.63) is 107 Å². The molecule has 0 aliphatic carbocycles. The van der Waals surface area contributed by atoms with Gasteiger partial charge in [-0.1, -0.05) is 84.8 Å². The third-order valence-electron chi connectivity index (χ3n) is 5.31. The van der Waals surface area contributed by atoms with Crippen LogP contribution >= 0.6 is 0 Å². The second-order valence-electron chi connectivity index (χ2n) is 7.01. The summed E-state index contributed by atoms with van der Waals surface area (Å²) in [7, 11) is 1.62. The molecule has 3 aromatic carbocycles. The molecule has 3 heteroatoms. The molecule has 3 aromatic rings. The van der Waals surface area contributed by atoms with Gasteiger partial charge in [-0.05, 0) is 12.0 Å². The maximum Gasteiger partial charge on any atom is 0.340 e. The number of hydrogen-bond donors (Lipinski definition) is 0. The molecule has 0 N–H and O–H groups in total. The van der Waals surface area contributed by atoms with E-state index in [0.717, 1.165) is 11.1 Å². The van der Waals surface area contributed by atoms with Crippen molar-refractivity contribution in [2.24, 2.45) is 0 Å². The highest BCUT2D eigenvalue weighted by atomic mass is 16.6. The zero-order chi connectivity index (χ0) is 21.0. The lowest BCUT2D eigenvalue weighted by Crippen LogP contribution is -2.30. The van der Waals surface area contributed by atoms with Crippen LogP contribution in [-0.4, -0.2) is 13.1 Å². The summed E-state index contributed by atoms with van der Waals surface area (Å²) in [5.74, 6) is 8.72. The number of carbonyl (C=O) groups is 1. The molecule has 4 rings (SSSR count). The summed E-state index contributed by atoms with van der Waals surface area (Å²) >= 11 is 0. The number of fused-ring (bicyclic) bond motifs is 1. The Morgan fingerprint density at radius 1 is 0.933 bits per heavy atom. The number of rotatable bonds is 4. The van der Waals surface area contributed by atoms with E-state index in [0.29, 0.717) is 11.1 Å². The maximum absolute atomic E-state index is 12.5. The Hall–Kier alpha value is -3.79. The number of benzene rings is 3. The van der Waals surface area contributed by atoms with Crippen molar-refractivity contribution < 1.29 is 14.3 Å². The van der Waals surface area contributed by atoms with Crippen molar-refractivity contribution in [1.82, 2.24) is 0 Å². The van der Waals surface area contributed by atoms with Crippen LogP contribution in [0.5, 0.6) is 0 Å². The summed E-state index contributed by atoms with van der Waals surface area (Å²) < 4.78 is 11.8. The van der Waals surface area contributed by atoms with Gasteiger partial charge in [0.15, 0.2) is 5.60 Å². The number of carbonyl (C=O) groups excluding carboxylic acids is 1. The Morgan fingerprint density at radius 2 is 1.50 bits per heavy atom. The maximum atomic E-state index is 12.5. The minimum absolute atomic E-state index is 0.145. The smallest absolute Gasteiger partial charge is 0.340 e. The van der Waals surface area contributed by atoms with E-state index < -0.39 is 17.2 Å². The van der Waals surface area contributed by atoms with Crippen LogP contribution in [0.25, 0.3) is 0 Å². The molecule has 0 amide bonds. The van der Waals surface area contributed by atoms with Crippen molar-refractivity contribution >= 4 is 5.97 Å². The van der Waals surface area contributed by atoms with Crippen LogP contribution < -0.4 is 0 Å². The first-order valence-corrected chi connectivity index (χ1v) is 9.62. The van der Waals surface area contributed by atoms with Gasteiger partial charge < -0.3 is 9.47 Å². The van der Waals surface area contributed by atoms with Crippen LogP contribution in [0.4, 0.5) is 0 Å². The topological polar surface area (TPSA) is 35.5 Å². The van der Waals surface area contributed by atoms with Gasteiger partial charge >= 0.3 is 5.97 Å². The predicted molar refractivity (Wildman–Crippen MR) is 115 cm³/mol. The summed E-state index contributed by atoms with van der Waals surface area (Å²) in [6.07, 6.45) is 5.79. The molecule has 1 heterocycles. The molecule has 0 bridgehead atoms. The van der Waals surface area contributed by atoms with Gasteiger partial charge in [-0.25, -0.2) is 4.79 Å². The summed E-state index contributed by atoms with van der Waals surface area (Å²) in [4.78, 5) is 12.5. The fourth-order valence-electron chi connectivity index (χ4n) is 3.83. The first kappa shape index (κ1) is 19.5. The normalized spacial score (nSPS) is 17.3. The third-order valence-corrected chi connectivity index (χ3v) is 5.31. The van der Waals surface area contributed by atoms with Crippen LogP contribution in [0, 0.1) is 24.2 Å². The summed E-state index contributed by atoms with van der Waals surface area (Å²) in [6, 6.07) is 26.7. The van der Waals surface area contributed by atoms with Crippen molar-refractivity contribution in [3.8, 4) is 24.2 Å². The van der Waals surface area contributed by atoms with E-state index in [4.69, 9.17) is 15.9 Å². The second kappa shape index (κ2) is 7.91. The molecule has 1 atom stereocenters. The van der Waals surface area contributed by atoms with E-state index in [1.54, 1.807) is 19.2 Å². The van der Waals surface area contributed by atoms with Crippen molar-refractivity contribution in [2.75, 3.05) is 7.11 Å². The third kappa shape index (κ3) is 3.16. The van der Waals surface area contributed by atoms with Gasteiger partial charge in [0.25, 0.3) is 0 Å². The number of hydrogen-bond acceptors (Lipinski definition) is 3. The standard InChI is InChI=1S/C27H20O3/c1-3-18-26(24-17-11-10-16-23(24)25(28)30-26)19-20-27(29-2,21-12-6-4-7-13-21)22-14-8-5-9-15-22/h1,4-17H,18H2,2H3. The SMILES string of the molecule is C#CCC1(C#CC(OC)(c2ccccc2)c2ccccc2)OC(=O)c2ccccc21. The molecule has 1 aliphatic heterocycles. The lowest BCUT2D eigenvalue weighted by molar-refractivity contribution is 0.0187. The number of esters is 1. The Bertz CT molecular complexity index is 1120. The average Bonchev–Trinajstić information content (AvgIpc) is 3.08. The largest absolute Gasteiger partial charge is 0.437 e. The molecular weight excluding hydrogens is 372 g/mol. The number of cyclic esters (lactones) is 1. The van der Waals surface area contributed by atoms with E-state index in [9.17, 15) is 4.79 Å². The van der Waals surface area contributed by atoms with E-state index >= 15 is 0 Å². The van der Waals surface area contributed by atoms with Gasteiger partial charge in [-0.3, -0.25) is 0 Å². The van der Waals surface area contributed by atoms with E-state index in [1.807, 2.05) is 72.8 Å². The lowest BCUT2D eigenvalue weighted by Gasteiger charge is -2.29. The van der Waals surface area contributed by atoms with Crippen LogP contribution in [0.15, 0.2) is 84.9 Å². The summed E-state index contributed by atoms with van der Waals surface area (Å²) in [5.41, 5.74) is 0.666. The highest BCUT2D eigenvalue weighted by Gasteiger charge is 2.44. The van der Waals surface area contributed by atoms with Gasteiger partial charge in [0, 0.05) is 23.8 Å².